The predicted octanol–water partition coefficient (Wildman–Crippen LogP) is -0.329. The van der Waals surface area contributed by atoms with Gasteiger partial charge in [-0.05, 0) is 17.7 Å². The first-order valence-corrected chi connectivity index (χ1v) is 7.66. The second-order valence-electron chi connectivity index (χ2n) is 6.06. The van der Waals surface area contributed by atoms with Crippen molar-refractivity contribution >= 4 is 11.8 Å². The molecular weight excluding hydrogens is 301 g/mol. The van der Waals surface area contributed by atoms with Crippen LogP contribution in [0, 0.1) is 5.82 Å². The smallest absolute Gasteiger partial charge is 0.248 e. The highest BCUT2D eigenvalue weighted by molar-refractivity contribution is 5.97. The van der Waals surface area contributed by atoms with E-state index in [9.17, 15) is 19.1 Å². The number of halogens is 1. The van der Waals surface area contributed by atoms with Crippen molar-refractivity contribution in [3.05, 3.63) is 35.6 Å². The first kappa shape index (κ1) is 15.9. The van der Waals surface area contributed by atoms with Crippen molar-refractivity contribution in [1.29, 1.82) is 0 Å². The maximum absolute atomic E-state index is 13.3. The molecule has 1 N–H and O–H groups in total. The van der Waals surface area contributed by atoms with Gasteiger partial charge >= 0.3 is 0 Å². The van der Waals surface area contributed by atoms with E-state index in [4.69, 9.17) is 0 Å². The van der Waals surface area contributed by atoms with Gasteiger partial charge in [-0.15, -0.1) is 0 Å². The normalized spacial score (nSPS) is 25.7. The van der Waals surface area contributed by atoms with Crippen LogP contribution in [0.5, 0.6) is 0 Å². The highest BCUT2D eigenvalue weighted by Gasteiger charge is 2.46. The highest BCUT2D eigenvalue weighted by Crippen LogP contribution is 2.22. The Morgan fingerprint density at radius 3 is 2.74 bits per heavy atom. The monoisotopic (exact) mass is 321 g/mol. The molecule has 2 amide bonds. The molecule has 3 rings (SSSR count). The van der Waals surface area contributed by atoms with Crippen molar-refractivity contribution in [1.82, 2.24) is 14.7 Å². The van der Waals surface area contributed by atoms with Crippen LogP contribution in [0.2, 0.25) is 0 Å². The van der Waals surface area contributed by atoms with E-state index in [0.717, 1.165) is 5.56 Å². The Morgan fingerprint density at radius 2 is 2.04 bits per heavy atom. The lowest BCUT2D eigenvalue weighted by atomic mass is 10.0. The molecule has 7 heteroatoms. The topological polar surface area (TPSA) is 64.1 Å². The van der Waals surface area contributed by atoms with Gasteiger partial charge in [0.2, 0.25) is 11.8 Å². The summed E-state index contributed by atoms with van der Waals surface area (Å²) in [4.78, 5) is 29.8. The van der Waals surface area contributed by atoms with Gasteiger partial charge in [0.1, 0.15) is 17.9 Å². The van der Waals surface area contributed by atoms with Crippen LogP contribution in [0.1, 0.15) is 5.56 Å². The molecule has 2 fully saturated rings. The number of aliphatic hydroxyl groups excluding tert-OH is 1. The lowest BCUT2D eigenvalue weighted by molar-refractivity contribution is -0.165. The van der Waals surface area contributed by atoms with Crippen molar-refractivity contribution in [2.24, 2.45) is 0 Å². The summed E-state index contributed by atoms with van der Waals surface area (Å²) >= 11 is 0. The third-order valence-electron chi connectivity index (χ3n) is 4.60. The number of likely N-dealkylation sites (N-methyl/N-ethyl adjacent to an activating group) is 1. The van der Waals surface area contributed by atoms with Crippen molar-refractivity contribution in [2.45, 2.75) is 18.6 Å². The van der Waals surface area contributed by atoms with Crippen molar-refractivity contribution in [3.63, 3.8) is 0 Å². The summed E-state index contributed by atoms with van der Waals surface area (Å²) in [6, 6.07) is 5.07. The van der Waals surface area contributed by atoms with Gasteiger partial charge in [0, 0.05) is 33.2 Å². The minimum absolute atomic E-state index is 0.160. The Labute approximate surface area is 134 Å². The molecular formula is C16H20FN3O3. The van der Waals surface area contributed by atoms with E-state index in [2.05, 4.69) is 0 Å². The molecule has 0 spiro atoms. The Morgan fingerprint density at radius 1 is 1.26 bits per heavy atom. The molecule has 2 aliphatic heterocycles. The summed E-state index contributed by atoms with van der Waals surface area (Å²) in [6.45, 7) is 1.65. The second-order valence-corrected chi connectivity index (χ2v) is 6.06. The molecule has 2 saturated heterocycles. The van der Waals surface area contributed by atoms with E-state index in [0.29, 0.717) is 26.2 Å². The van der Waals surface area contributed by atoms with E-state index >= 15 is 0 Å². The summed E-state index contributed by atoms with van der Waals surface area (Å²) in [5.74, 6) is -0.645. The maximum atomic E-state index is 13.3. The third-order valence-corrected chi connectivity index (χ3v) is 4.60. The van der Waals surface area contributed by atoms with Crippen LogP contribution in [0.25, 0.3) is 0 Å². The van der Waals surface area contributed by atoms with Crippen LogP contribution >= 0.6 is 0 Å². The fourth-order valence-electron chi connectivity index (χ4n) is 3.30. The fraction of sp³-hybridized carbons (Fsp3) is 0.500. The van der Waals surface area contributed by atoms with Gasteiger partial charge in [0.25, 0.3) is 0 Å². The van der Waals surface area contributed by atoms with Crippen LogP contribution in [0.4, 0.5) is 4.39 Å². The Balaban J connectivity index is 1.72. The zero-order chi connectivity index (χ0) is 16.6. The van der Waals surface area contributed by atoms with Gasteiger partial charge < -0.3 is 14.9 Å². The summed E-state index contributed by atoms with van der Waals surface area (Å²) in [5.41, 5.74) is 0.842. The number of amides is 2. The standard InChI is InChI=1S/C16H20FN3O3/c1-18-14(10-21)16(23)20-6-5-19(9-13(20)15(18)22)8-11-3-2-4-12(17)7-11/h2-4,7,13-14,21H,5-6,8-10H2,1H3/t13-,14+/m1/s1. The molecule has 124 valence electrons. The van der Waals surface area contributed by atoms with E-state index in [-0.39, 0.29) is 24.2 Å². The fourth-order valence-corrected chi connectivity index (χ4v) is 3.30. The number of hydrogen-bond donors (Lipinski definition) is 1. The lowest BCUT2D eigenvalue weighted by Crippen LogP contribution is -2.69. The average molecular weight is 321 g/mol. The minimum atomic E-state index is -0.784. The number of piperazine rings is 2. The Bertz CT molecular complexity index is 624. The SMILES string of the molecule is CN1C(=O)[C@H]2CN(Cc3cccc(F)c3)CCN2C(=O)[C@@H]1CO. The molecule has 23 heavy (non-hydrogen) atoms. The van der Waals surface area contributed by atoms with Crippen molar-refractivity contribution in [3.8, 4) is 0 Å². The summed E-state index contributed by atoms with van der Waals surface area (Å²) < 4.78 is 13.3. The van der Waals surface area contributed by atoms with Crippen LogP contribution in [0.3, 0.4) is 0 Å². The molecule has 6 nitrogen and oxygen atoms in total. The largest absolute Gasteiger partial charge is 0.394 e. The van der Waals surface area contributed by atoms with Crippen LogP contribution in [0.15, 0.2) is 24.3 Å². The molecule has 1 aromatic carbocycles. The first-order chi connectivity index (χ1) is 11.0. The van der Waals surface area contributed by atoms with Gasteiger partial charge in [-0.2, -0.15) is 0 Å². The van der Waals surface area contributed by atoms with Crippen LogP contribution < -0.4 is 0 Å². The molecule has 0 aromatic heterocycles. The zero-order valence-electron chi connectivity index (χ0n) is 13.0. The number of rotatable bonds is 3. The van der Waals surface area contributed by atoms with Gasteiger partial charge in [-0.3, -0.25) is 14.5 Å². The molecule has 0 radical (unpaired) electrons. The number of nitrogens with zero attached hydrogens (tertiary/aromatic N) is 3. The van der Waals surface area contributed by atoms with Crippen molar-refractivity contribution in [2.75, 3.05) is 33.3 Å². The van der Waals surface area contributed by atoms with Gasteiger partial charge in [0.05, 0.1) is 6.61 Å². The maximum Gasteiger partial charge on any atom is 0.248 e. The number of carbonyl (C=O) groups excluding carboxylic acids is 2. The van der Waals surface area contributed by atoms with E-state index in [1.165, 1.54) is 17.0 Å². The number of aliphatic hydroxyl groups is 1. The van der Waals surface area contributed by atoms with E-state index in [1.807, 2.05) is 11.0 Å². The van der Waals surface area contributed by atoms with Gasteiger partial charge in [-0.25, -0.2) is 4.39 Å². The first-order valence-electron chi connectivity index (χ1n) is 7.66. The van der Waals surface area contributed by atoms with Crippen LogP contribution in [-0.4, -0.2) is 77.0 Å². The molecule has 0 aliphatic carbocycles. The zero-order valence-corrected chi connectivity index (χ0v) is 13.0. The molecule has 2 heterocycles. The predicted molar refractivity (Wildman–Crippen MR) is 80.8 cm³/mol. The van der Waals surface area contributed by atoms with Gasteiger partial charge in [0.15, 0.2) is 0 Å². The third kappa shape index (κ3) is 2.94. The van der Waals surface area contributed by atoms with E-state index < -0.39 is 12.1 Å². The average Bonchev–Trinajstić information content (AvgIpc) is 2.53. The number of hydrogen-bond acceptors (Lipinski definition) is 4. The molecule has 0 bridgehead atoms. The van der Waals surface area contributed by atoms with E-state index in [1.54, 1.807) is 18.0 Å². The molecule has 0 unspecified atom stereocenters. The number of benzene rings is 1. The summed E-state index contributed by atoms with van der Waals surface area (Å²) in [7, 11) is 1.55. The molecule has 2 aliphatic rings. The highest BCUT2D eigenvalue weighted by atomic mass is 19.1. The minimum Gasteiger partial charge on any atom is -0.394 e. The van der Waals surface area contributed by atoms with Gasteiger partial charge in [-0.1, -0.05) is 12.1 Å². The quantitative estimate of drug-likeness (QED) is 0.828. The molecule has 1 aromatic rings. The number of fused-ring (bicyclic) bond motifs is 1. The van der Waals surface area contributed by atoms with Crippen molar-refractivity contribution < 1.29 is 19.1 Å². The molecule has 0 saturated carbocycles. The van der Waals surface area contributed by atoms with Crippen LogP contribution in [-0.2, 0) is 16.1 Å². The Hall–Kier alpha value is -1.99. The lowest BCUT2D eigenvalue weighted by Gasteiger charge is -2.48. The molecule has 2 atom stereocenters. The Kier molecular flexibility index (Phi) is 4.32. The summed E-state index contributed by atoms with van der Waals surface area (Å²) in [5, 5.41) is 9.33. The summed E-state index contributed by atoms with van der Waals surface area (Å²) in [6.07, 6.45) is 0. The second kappa shape index (κ2) is 6.25. The number of carbonyl (C=O) groups is 2.